The highest BCUT2D eigenvalue weighted by Crippen LogP contribution is 2.34. The highest BCUT2D eigenvalue weighted by molar-refractivity contribution is 8.16. The summed E-state index contributed by atoms with van der Waals surface area (Å²) in [5.74, 6) is -1.60. The van der Waals surface area contributed by atoms with E-state index in [1.54, 1.807) is 24.5 Å². The van der Waals surface area contributed by atoms with E-state index in [9.17, 15) is 13.6 Å². The van der Waals surface area contributed by atoms with Crippen LogP contribution in [0.5, 0.6) is 0 Å². The van der Waals surface area contributed by atoms with Gasteiger partial charge in [0.2, 0.25) is 0 Å². The monoisotopic (exact) mass is 359 g/mol. The van der Waals surface area contributed by atoms with Gasteiger partial charge in [-0.15, -0.1) is 0 Å². The molecule has 25 heavy (non-hydrogen) atoms. The third-order valence-corrected chi connectivity index (χ3v) is 4.49. The molecule has 0 saturated heterocycles. The number of nitrogens with two attached hydrogens (primary N) is 1. The Morgan fingerprint density at radius 3 is 2.80 bits per heavy atom. The number of pyridine rings is 1. The summed E-state index contributed by atoms with van der Waals surface area (Å²) in [6, 6.07) is 6.93. The Kier molecular flexibility index (Phi) is 4.67. The fourth-order valence-electron chi connectivity index (χ4n) is 2.61. The number of benzene rings is 1. The summed E-state index contributed by atoms with van der Waals surface area (Å²) in [5, 5.41) is 2.09. The summed E-state index contributed by atoms with van der Waals surface area (Å²) in [6.45, 7) is 1.73. The fraction of sp³-hybridized carbons (Fsp3) is 0.167. The van der Waals surface area contributed by atoms with Crippen molar-refractivity contribution in [1.29, 1.82) is 0 Å². The second kappa shape index (κ2) is 6.76. The molecule has 7 heteroatoms. The molecule has 0 fully saturated rings. The Morgan fingerprint density at radius 1 is 1.28 bits per heavy atom. The number of carbonyl (C=O) groups excluding carboxylic acids is 1. The third-order valence-electron chi connectivity index (χ3n) is 3.89. The average Bonchev–Trinajstić information content (AvgIpc) is 2.56. The molecule has 2 N–H and O–H groups in total. The minimum Gasteiger partial charge on any atom is -0.378 e. The van der Waals surface area contributed by atoms with Crippen molar-refractivity contribution in [3.63, 3.8) is 0 Å². The van der Waals surface area contributed by atoms with Gasteiger partial charge in [0, 0.05) is 18.2 Å². The van der Waals surface area contributed by atoms with Crippen LogP contribution in [0.15, 0.2) is 53.0 Å². The maximum atomic E-state index is 14.3. The molecule has 0 aliphatic carbocycles. The first-order valence-electron chi connectivity index (χ1n) is 7.51. The Bertz CT molecular complexity index is 898. The van der Waals surface area contributed by atoms with E-state index in [-0.39, 0.29) is 12.1 Å². The molecule has 0 amide bonds. The number of thioether (sulfide) groups is 1. The number of carbonyl (C=O) groups is 1. The van der Waals surface area contributed by atoms with E-state index in [0.717, 1.165) is 0 Å². The van der Waals surface area contributed by atoms with E-state index in [2.05, 4.69) is 9.98 Å². The van der Waals surface area contributed by atoms with Crippen LogP contribution >= 0.6 is 11.8 Å². The van der Waals surface area contributed by atoms with Crippen LogP contribution in [0.1, 0.15) is 28.5 Å². The predicted octanol–water partition coefficient (Wildman–Crippen LogP) is 3.58. The average molecular weight is 359 g/mol. The molecule has 2 heterocycles. The molecule has 0 bridgehead atoms. The maximum absolute atomic E-state index is 14.3. The summed E-state index contributed by atoms with van der Waals surface area (Å²) in [7, 11) is 0. The molecule has 0 saturated carbocycles. The number of nitrogens with zero attached hydrogens (tertiary/aromatic N) is 2. The Balaban J connectivity index is 1.93. The van der Waals surface area contributed by atoms with Crippen molar-refractivity contribution in [3.8, 4) is 0 Å². The van der Waals surface area contributed by atoms with E-state index in [1.165, 1.54) is 42.2 Å². The first-order valence-corrected chi connectivity index (χ1v) is 8.39. The summed E-state index contributed by atoms with van der Waals surface area (Å²) in [4.78, 5) is 20.4. The maximum Gasteiger partial charge on any atom is 0.188 e. The number of hydrogen-bond donors (Lipinski definition) is 1. The van der Waals surface area contributed by atoms with Crippen LogP contribution in [0.2, 0.25) is 0 Å². The second-order valence-electron chi connectivity index (χ2n) is 5.77. The lowest BCUT2D eigenvalue weighted by atomic mass is 9.90. The van der Waals surface area contributed by atoms with Crippen molar-refractivity contribution in [1.82, 2.24) is 4.98 Å². The number of amidine groups is 1. The standard InChI is InChI=1S/C18H15F2N3OS/c1-18(6-8-25-17(21)23-18)12-9-11(4-5-13(12)19)10-15(24)16-14(20)3-2-7-22-16/h2-9H,10H2,1H3,(H2,21,23)/t18-/m0/s1. The van der Waals surface area contributed by atoms with Gasteiger partial charge in [-0.25, -0.2) is 13.8 Å². The normalized spacial score (nSPS) is 19.6. The van der Waals surface area contributed by atoms with Crippen molar-refractivity contribution in [3.05, 3.63) is 76.5 Å². The zero-order chi connectivity index (χ0) is 18.0. The summed E-state index contributed by atoms with van der Waals surface area (Å²) in [6.07, 6.45) is 3.01. The van der Waals surface area contributed by atoms with Gasteiger partial charge in [-0.1, -0.05) is 17.8 Å². The Hall–Kier alpha value is -2.54. The highest BCUT2D eigenvalue weighted by Gasteiger charge is 2.29. The summed E-state index contributed by atoms with van der Waals surface area (Å²) in [5.41, 5.74) is 5.42. The molecule has 128 valence electrons. The first-order chi connectivity index (χ1) is 11.9. The molecule has 4 nitrogen and oxygen atoms in total. The predicted molar refractivity (Wildman–Crippen MR) is 94.3 cm³/mol. The quantitative estimate of drug-likeness (QED) is 0.848. The van der Waals surface area contributed by atoms with Gasteiger partial charge >= 0.3 is 0 Å². The van der Waals surface area contributed by atoms with Crippen molar-refractivity contribution >= 4 is 22.7 Å². The zero-order valence-electron chi connectivity index (χ0n) is 13.4. The lowest BCUT2D eigenvalue weighted by Gasteiger charge is -2.26. The number of hydrogen-bond acceptors (Lipinski definition) is 5. The molecule has 1 aliphatic rings. The van der Waals surface area contributed by atoms with Crippen molar-refractivity contribution in [2.45, 2.75) is 18.9 Å². The highest BCUT2D eigenvalue weighted by atomic mass is 32.2. The minimum absolute atomic E-state index is 0.0883. The van der Waals surface area contributed by atoms with Crippen molar-refractivity contribution in [2.75, 3.05) is 0 Å². The number of ketones is 1. The molecule has 1 aromatic carbocycles. The van der Waals surface area contributed by atoms with Crippen molar-refractivity contribution < 1.29 is 13.6 Å². The second-order valence-corrected chi connectivity index (χ2v) is 6.69. The molecule has 0 spiro atoms. The number of Topliss-reactive ketones (excluding diaryl/α,β-unsaturated/α-hetero) is 1. The minimum atomic E-state index is -0.950. The van der Waals surface area contributed by atoms with E-state index in [1.807, 2.05) is 0 Å². The van der Waals surface area contributed by atoms with Gasteiger partial charge in [-0.3, -0.25) is 9.78 Å². The molecular weight excluding hydrogens is 344 g/mol. The smallest absolute Gasteiger partial charge is 0.188 e. The number of halogens is 2. The van der Waals surface area contributed by atoms with Crippen LogP contribution in [-0.4, -0.2) is 15.9 Å². The zero-order valence-corrected chi connectivity index (χ0v) is 14.2. The lowest BCUT2D eigenvalue weighted by molar-refractivity contribution is 0.0984. The summed E-state index contributed by atoms with van der Waals surface area (Å²) >= 11 is 1.26. The van der Waals surface area contributed by atoms with Crippen molar-refractivity contribution in [2.24, 2.45) is 10.7 Å². The SMILES string of the molecule is C[C@@]1(c2cc(CC(=O)c3ncccc3F)ccc2F)C=CSC(N)=N1. The molecule has 2 aromatic rings. The molecular formula is C18H15F2N3OS. The molecule has 1 aromatic heterocycles. The number of aliphatic imine (C=N–C) groups is 1. The van der Waals surface area contributed by atoms with Gasteiger partial charge in [0.1, 0.15) is 17.1 Å². The molecule has 0 unspecified atom stereocenters. The molecule has 1 aliphatic heterocycles. The van der Waals surface area contributed by atoms with E-state index in [0.29, 0.717) is 16.3 Å². The van der Waals surface area contributed by atoms with Gasteiger partial charge in [-0.05, 0) is 48.2 Å². The van der Waals surface area contributed by atoms with Crippen LogP contribution in [-0.2, 0) is 12.0 Å². The third kappa shape index (κ3) is 3.61. The van der Waals surface area contributed by atoms with Crippen LogP contribution in [0.3, 0.4) is 0 Å². The van der Waals surface area contributed by atoms with Gasteiger partial charge < -0.3 is 5.73 Å². The topological polar surface area (TPSA) is 68.3 Å². The number of rotatable bonds is 4. The lowest BCUT2D eigenvalue weighted by Crippen LogP contribution is -2.25. The van der Waals surface area contributed by atoms with E-state index in [4.69, 9.17) is 5.73 Å². The van der Waals surface area contributed by atoms with E-state index < -0.39 is 23.0 Å². The number of aromatic nitrogens is 1. The largest absolute Gasteiger partial charge is 0.378 e. The van der Waals surface area contributed by atoms with Gasteiger partial charge in [0.15, 0.2) is 16.8 Å². The molecule has 3 rings (SSSR count). The molecule has 1 atom stereocenters. The van der Waals surface area contributed by atoms with Gasteiger partial charge in [0.05, 0.1) is 0 Å². The Labute approximate surface area is 147 Å². The van der Waals surface area contributed by atoms with Crippen LogP contribution in [0.25, 0.3) is 0 Å². The van der Waals surface area contributed by atoms with Crippen LogP contribution < -0.4 is 5.73 Å². The Morgan fingerprint density at radius 2 is 2.08 bits per heavy atom. The summed E-state index contributed by atoms with van der Waals surface area (Å²) < 4.78 is 28.0. The van der Waals surface area contributed by atoms with Crippen LogP contribution in [0.4, 0.5) is 8.78 Å². The van der Waals surface area contributed by atoms with Gasteiger partial charge in [-0.2, -0.15) is 0 Å². The first kappa shape index (κ1) is 17.3. The molecule has 0 radical (unpaired) electrons. The van der Waals surface area contributed by atoms with Gasteiger partial charge in [0.25, 0.3) is 0 Å². The van der Waals surface area contributed by atoms with Crippen LogP contribution in [0, 0.1) is 11.6 Å². The van der Waals surface area contributed by atoms with E-state index >= 15 is 0 Å². The fourth-order valence-corrected chi connectivity index (χ4v) is 3.32.